The molecule has 100 valence electrons. The van der Waals surface area contributed by atoms with Gasteiger partial charge in [0.1, 0.15) is 0 Å². The molecule has 3 N–H and O–H groups in total. The molecule has 0 radical (unpaired) electrons. The molecule has 4 heteroatoms. The number of hydrogen-bond donors (Lipinski definition) is 2. The van der Waals surface area contributed by atoms with Gasteiger partial charge < -0.3 is 11.1 Å². The smallest absolute Gasteiger partial charge is 0.233 e. The van der Waals surface area contributed by atoms with E-state index in [0.717, 1.165) is 0 Å². The van der Waals surface area contributed by atoms with Gasteiger partial charge in [0.05, 0.1) is 10.4 Å². The fraction of sp³-hybridized carbons (Fsp3) is 0.846. The molecule has 0 heterocycles. The van der Waals surface area contributed by atoms with Gasteiger partial charge in [-0.2, -0.15) is 0 Å². The number of carbonyl (C=O) groups is 1. The minimum absolute atomic E-state index is 0.0255. The van der Waals surface area contributed by atoms with Gasteiger partial charge in [-0.25, -0.2) is 0 Å². The summed E-state index contributed by atoms with van der Waals surface area (Å²) in [7, 11) is 0. The van der Waals surface area contributed by atoms with Gasteiger partial charge in [0.25, 0.3) is 0 Å². The first-order valence-corrected chi connectivity index (χ1v) is 6.80. The molecule has 0 rings (SSSR count). The average Bonchev–Trinajstić information content (AvgIpc) is 2.27. The molecule has 0 aliphatic heterocycles. The minimum atomic E-state index is -0.675. The molecule has 0 aliphatic carbocycles. The number of amides is 1. The maximum atomic E-state index is 12.2. The highest BCUT2D eigenvalue weighted by Crippen LogP contribution is 2.27. The monoisotopic (exact) mass is 258 g/mol. The molecule has 0 spiro atoms. The van der Waals surface area contributed by atoms with Crippen LogP contribution in [-0.2, 0) is 4.79 Å². The topological polar surface area (TPSA) is 55.1 Å². The quantitative estimate of drug-likeness (QED) is 0.690. The lowest BCUT2D eigenvalue weighted by Gasteiger charge is -2.30. The van der Waals surface area contributed by atoms with Crippen LogP contribution in [0.5, 0.6) is 0 Å². The van der Waals surface area contributed by atoms with Crippen molar-refractivity contribution in [3.63, 3.8) is 0 Å². The molecule has 0 aliphatic rings. The van der Waals surface area contributed by atoms with Crippen molar-refractivity contribution in [3.8, 4) is 0 Å². The number of nitrogens with one attached hydrogen (secondary N) is 1. The van der Waals surface area contributed by atoms with Crippen LogP contribution >= 0.6 is 12.2 Å². The second-order valence-corrected chi connectivity index (χ2v) is 5.52. The first kappa shape index (κ1) is 16.4. The third kappa shape index (κ3) is 3.95. The van der Waals surface area contributed by atoms with E-state index in [-0.39, 0.29) is 5.91 Å². The van der Waals surface area contributed by atoms with Crippen molar-refractivity contribution in [2.45, 2.75) is 47.5 Å². The second kappa shape index (κ2) is 6.94. The Kier molecular flexibility index (Phi) is 6.68. The lowest BCUT2D eigenvalue weighted by Crippen LogP contribution is -2.49. The molecule has 17 heavy (non-hydrogen) atoms. The van der Waals surface area contributed by atoms with Gasteiger partial charge in [0.2, 0.25) is 5.91 Å². The largest absolute Gasteiger partial charge is 0.392 e. The summed E-state index contributed by atoms with van der Waals surface area (Å²) in [5.41, 5.74) is 5.06. The summed E-state index contributed by atoms with van der Waals surface area (Å²) in [6.45, 7) is 11.0. The zero-order chi connectivity index (χ0) is 13.6. The van der Waals surface area contributed by atoms with Gasteiger partial charge in [0.15, 0.2) is 0 Å². The molecule has 1 unspecified atom stereocenters. The summed E-state index contributed by atoms with van der Waals surface area (Å²) in [6.07, 6.45) is 1.31. The molecule has 0 bridgehead atoms. The minimum Gasteiger partial charge on any atom is -0.392 e. The van der Waals surface area contributed by atoms with Gasteiger partial charge in [-0.15, -0.1) is 0 Å². The van der Waals surface area contributed by atoms with Crippen LogP contribution in [-0.4, -0.2) is 17.4 Å². The first-order valence-electron chi connectivity index (χ1n) is 6.40. The molecule has 0 aromatic heterocycles. The maximum absolute atomic E-state index is 12.2. The molecule has 0 fully saturated rings. The first-order chi connectivity index (χ1) is 7.81. The van der Waals surface area contributed by atoms with Crippen LogP contribution in [0, 0.1) is 17.3 Å². The summed E-state index contributed by atoms with van der Waals surface area (Å²) in [4.78, 5) is 12.5. The Balaban J connectivity index is 4.61. The Labute approximate surface area is 111 Å². The van der Waals surface area contributed by atoms with E-state index in [0.29, 0.717) is 36.2 Å². The zero-order valence-corrected chi connectivity index (χ0v) is 12.5. The standard InChI is InChI=1S/C13H26N2OS/c1-6-13(7-2,11(14)17)12(16)15-8-10(5)9(3)4/h9-10H,6-8H2,1-5H3,(H2,14,17)(H,15,16). The van der Waals surface area contributed by atoms with Crippen LogP contribution in [0.15, 0.2) is 0 Å². The van der Waals surface area contributed by atoms with Gasteiger partial charge in [-0.1, -0.05) is 46.8 Å². The van der Waals surface area contributed by atoms with E-state index in [1.807, 2.05) is 13.8 Å². The zero-order valence-electron chi connectivity index (χ0n) is 11.7. The highest BCUT2D eigenvalue weighted by molar-refractivity contribution is 7.80. The van der Waals surface area contributed by atoms with Crippen molar-refractivity contribution in [1.82, 2.24) is 5.32 Å². The molecule has 1 amide bonds. The third-order valence-corrected chi connectivity index (χ3v) is 4.23. The molecular formula is C13H26N2OS. The molecule has 1 atom stereocenters. The van der Waals surface area contributed by atoms with Crippen molar-refractivity contribution in [2.24, 2.45) is 23.0 Å². The Bertz CT molecular complexity index is 273. The predicted molar refractivity (Wildman–Crippen MR) is 76.8 cm³/mol. The van der Waals surface area contributed by atoms with E-state index in [4.69, 9.17) is 18.0 Å². The van der Waals surface area contributed by atoms with E-state index in [2.05, 4.69) is 26.1 Å². The van der Waals surface area contributed by atoms with Crippen LogP contribution in [0.4, 0.5) is 0 Å². The van der Waals surface area contributed by atoms with Gasteiger partial charge in [-0.05, 0) is 24.7 Å². The predicted octanol–water partition coefficient (Wildman–Crippen LogP) is 2.49. The SMILES string of the molecule is CCC(CC)(C(=O)NCC(C)C(C)C)C(N)=S. The van der Waals surface area contributed by atoms with Crippen LogP contribution in [0.25, 0.3) is 0 Å². The highest BCUT2D eigenvalue weighted by Gasteiger charge is 2.37. The van der Waals surface area contributed by atoms with Crippen molar-refractivity contribution < 1.29 is 4.79 Å². The number of rotatable bonds is 7. The summed E-state index contributed by atoms with van der Waals surface area (Å²) in [5, 5.41) is 2.98. The summed E-state index contributed by atoms with van der Waals surface area (Å²) < 4.78 is 0. The maximum Gasteiger partial charge on any atom is 0.233 e. The molecule has 0 saturated heterocycles. The lowest BCUT2D eigenvalue weighted by molar-refractivity contribution is -0.128. The van der Waals surface area contributed by atoms with Crippen LogP contribution in [0.2, 0.25) is 0 Å². The van der Waals surface area contributed by atoms with Crippen molar-refractivity contribution in [2.75, 3.05) is 6.54 Å². The van der Waals surface area contributed by atoms with Gasteiger partial charge in [0, 0.05) is 6.54 Å². The fourth-order valence-corrected chi connectivity index (χ4v) is 2.07. The Morgan fingerprint density at radius 2 is 1.76 bits per heavy atom. The van der Waals surface area contributed by atoms with E-state index in [9.17, 15) is 4.79 Å². The fourth-order valence-electron chi connectivity index (χ4n) is 1.69. The van der Waals surface area contributed by atoms with Gasteiger partial charge >= 0.3 is 0 Å². The molecule has 0 aromatic carbocycles. The number of carbonyl (C=O) groups excluding carboxylic acids is 1. The van der Waals surface area contributed by atoms with E-state index >= 15 is 0 Å². The van der Waals surface area contributed by atoms with E-state index in [1.54, 1.807) is 0 Å². The molecular weight excluding hydrogens is 232 g/mol. The molecule has 0 saturated carbocycles. The number of thiocarbonyl (C=S) groups is 1. The lowest BCUT2D eigenvalue weighted by atomic mass is 9.81. The Morgan fingerprint density at radius 3 is 2.06 bits per heavy atom. The van der Waals surface area contributed by atoms with Crippen molar-refractivity contribution in [1.29, 1.82) is 0 Å². The third-order valence-electron chi connectivity index (χ3n) is 3.84. The van der Waals surface area contributed by atoms with Crippen molar-refractivity contribution >= 4 is 23.1 Å². The number of nitrogens with two attached hydrogens (primary N) is 1. The average molecular weight is 258 g/mol. The number of hydrogen-bond acceptors (Lipinski definition) is 2. The Hall–Kier alpha value is -0.640. The second-order valence-electron chi connectivity index (χ2n) is 5.08. The van der Waals surface area contributed by atoms with Crippen molar-refractivity contribution in [3.05, 3.63) is 0 Å². The van der Waals surface area contributed by atoms with E-state index < -0.39 is 5.41 Å². The van der Waals surface area contributed by atoms with Crippen LogP contribution in [0.1, 0.15) is 47.5 Å². The van der Waals surface area contributed by atoms with Crippen LogP contribution in [0.3, 0.4) is 0 Å². The summed E-state index contributed by atoms with van der Waals surface area (Å²) in [6, 6.07) is 0. The van der Waals surface area contributed by atoms with Crippen LogP contribution < -0.4 is 11.1 Å². The summed E-state index contributed by atoms with van der Waals surface area (Å²) >= 11 is 5.05. The van der Waals surface area contributed by atoms with Gasteiger partial charge in [-0.3, -0.25) is 4.79 Å². The Morgan fingerprint density at radius 1 is 1.29 bits per heavy atom. The van der Waals surface area contributed by atoms with E-state index in [1.165, 1.54) is 0 Å². The normalized spacial score (nSPS) is 13.5. The molecule has 3 nitrogen and oxygen atoms in total. The summed E-state index contributed by atoms with van der Waals surface area (Å²) in [5.74, 6) is 0.983. The molecule has 0 aromatic rings. The highest BCUT2D eigenvalue weighted by atomic mass is 32.1.